The van der Waals surface area contributed by atoms with Crippen LogP contribution in [0.2, 0.25) is 0 Å². The van der Waals surface area contributed by atoms with Crippen LogP contribution in [-0.4, -0.2) is 48.9 Å². The van der Waals surface area contributed by atoms with Gasteiger partial charge in [0, 0.05) is 39.6 Å². The van der Waals surface area contributed by atoms with Crippen molar-refractivity contribution in [1.29, 1.82) is 0 Å². The number of ether oxygens (including phenoxy) is 1. The maximum Gasteiger partial charge on any atom is 0.150 e. The van der Waals surface area contributed by atoms with Crippen LogP contribution < -0.4 is 4.74 Å². The van der Waals surface area contributed by atoms with E-state index in [9.17, 15) is 9.00 Å². The van der Waals surface area contributed by atoms with Crippen molar-refractivity contribution in [2.75, 3.05) is 33.5 Å². The molecule has 0 aliphatic rings. The Balaban J connectivity index is 2.33. The fourth-order valence-electron chi connectivity index (χ4n) is 2.14. The molecule has 0 aliphatic heterocycles. The largest absolute Gasteiger partial charge is 0.492 e. The quantitative estimate of drug-likeness (QED) is 0.732. The van der Waals surface area contributed by atoms with Crippen LogP contribution >= 0.6 is 0 Å². The van der Waals surface area contributed by atoms with Crippen molar-refractivity contribution in [1.82, 2.24) is 4.90 Å². The van der Waals surface area contributed by atoms with Crippen LogP contribution in [0.3, 0.4) is 0 Å². The second kappa shape index (κ2) is 8.04. The van der Waals surface area contributed by atoms with E-state index in [4.69, 9.17) is 4.74 Å². The third-order valence-corrected chi connectivity index (χ3v) is 4.37. The minimum atomic E-state index is -1.01. The lowest BCUT2D eigenvalue weighted by molar-refractivity contribution is 0.112. The summed E-state index contributed by atoms with van der Waals surface area (Å²) >= 11 is 0. The molecule has 5 heteroatoms. The van der Waals surface area contributed by atoms with Crippen molar-refractivity contribution < 1.29 is 13.7 Å². The van der Waals surface area contributed by atoms with Gasteiger partial charge in [0.25, 0.3) is 0 Å². The van der Waals surface area contributed by atoms with Crippen molar-refractivity contribution in [3.05, 3.63) is 48.0 Å². The van der Waals surface area contributed by atoms with Crippen LogP contribution in [0, 0.1) is 0 Å². The van der Waals surface area contributed by atoms with Crippen molar-refractivity contribution >= 4 is 17.1 Å². The van der Waals surface area contributed by atoms with Gasteiger partial charge in [0.2, 0.25) is 0 Å². The Morgan fingerprint density at radius 1 is 1.13 bits per heavy atom. The average molecular weight is 331 g/mol. The summed E-state index contributed by atoms with van der Waals surface area (Å²) in [6.07, 6.45) is 2.47. The number of hydrogen-bond acceptors (Lipinski definition) is 4. The molecule has 2 aromatic carbocycles. The second-order valence-corrected chi connectivity index (χ2v) is 6.88. The molecule has 0 N–H and O–H groups in total. The Kier molecular flexibility index (Phi) is 6.07. The number of carbonyl (C=O) groups excluding carboxylic acids is 1. The third kappa shape index (κ3) is 4.74. The van der Waals surface area contributed by atoms with Crippen LogP contribution in [0.25, 0.3) is 11.1 Å². The molecule has 2 aromatic rings. The fraction of sp³-hybridized carbons (Fsp3) is 0.278. The lowest BCUT2D eigenvalue weighted by atomic mass is 10.0. The topological polar surface area (TPSA) is 46.6 Å². The molecule has 0 bridgehead atoms. The van der Waals surface area contributed by atoms with Gasteiger partial charge in [0.1, 0.15) is 18.6 Å². The van der Waals surface area contributed by atoms with E-state index >= 15 is 0 Å². The minimum Gasteiger partial charge on any atom is -0.492 e. The van der Waals surface area contributed by atoms with Gasteiger partial charge in [0.05, 0.1) is 0 Å². The molecule has 23 heavy (non-hydrogen) atoms. The molecule has 0 spiro atoms. The zero-order valence-corrected chi connectivity index (χ0v) is 14.4. The maximum atomic E-state index is 11.5. The predicted molar refractivity (Wildman–Crippen MR) is 93.6 cm³/mol. The van der Waals surface area contributed by atoms with Crippen LogP contribution in [0.5, 0.6) is 5.75 Å². The lowest BCUT2D eigenvalue weighted by Crippen LogP contribution is -2.19. The summed E-state index contributed by atoms with van der Waals surface area (Å²) in [5.41, 5.74) is 2.40. The molecule has 122 valence electrons. The Morgan fingerprint density at radius 2 is 1.83 bits per heavy atom. The van der Waals surface area contributed by atoms with Gasteiger partial charge in [-0.1, -0.05) is 12.1 Å². The maximum absolute atomic E-state index is 11.5. The van der Waals surface area contributed by atoms with E-state index in [1.165, 1.54) is 0 Å². The van der Waals surface area contributed by atoms with Gasteiger partial charge >= 0.3 is 0 Å². The summed E-state index contributed by atoms with van der Waals surface area (Å²) in [6, 6.07) is 12.9. The first-order valence-electron chi connectivity index (χ1n) is 7.32. The Morgan fingerprint density at radius 3 is 2.39 bits per heavy atom. The first-order valence-corrected chi connectivity index (χ1v) is 8.87. The van der Waals surface area contributed by atoms with Gasteiger partial charge in [-0.2, -0.15) is 0 Å². The van der Waals surface area contributed by atoms with E-state index in [1.54, 1.807) is 12.3 Å². The van der Waals surface area contributed by atoms with E-state index in [0.717, 1.165) is 34.6 Å². The highest BCUT2D eigenvalue weighted by atomic mass is 32.2. The van der Waals surface area contributed by atoms with E-state index in [1.807, 2.05) is 55.4 Å². The molecule has 4 nitrogen and oxygen atoms in total. The molecule has 0 amide bonds. The molecule has 0 aromatic heterocycles. The molecular weight excluding hydrogens is 310 g/mol. The van der Waals surface area contributed by atoms with E-state index in [0.29, 0.717) is 12.2 Å². The normalized spacial score (nSPS) is 12.2. The van der Waals surface area contributed by atoms with Crippen LogP contribution in [0.4, 0.5) is 0 Å². The number of carbonyl (C=O) groups is 1. The minimum absolute atomic E-state index is 0.567. The molecule has 1 atom stereocenters. The third-order valence-electron chi connectivity index (χ3n) is 3.43. The smallest absolute Gasteiger partial charge is 0.150 e. The molecule has 1 unspecified atom stereocenters. The Labute approximate surface area is 139 Å². The molecule has 0 radical (unpaired) electrons. The van der Waals surface area contributed by atoms with Crippen molar-refractivity contribution in [3.63, 3.8) is 0 Å². The SMILES string of the molecule is CN(C)CCOc1ccc(C=O)cc1-c1ccc(S(C)=O)cc1. The number of hydrogen-bond donors (Lipinski definition) is 0. The summed E-state index contributed by atoms with van der Waals surface area (Å²) in [5, 5.41) is 0. The summed E-state index contributed by atoms with van der Waals surface area (Å²) in [6.45, 7) is 1.38. The molecule has 0 fully saturated rings. The summed E-state index contributed by atoms with van der Waals surface area (Å²) in [4.78, 5) is 13.9. The first-order chi connectivity index (χ1) is 11.0. The van der Waals surface area contributed by atoms with Crippen LogP contribution in [-0.2, 0) is 10.8 Å². The monoisotopic (exact) mass is 331 g/mol. The summed E-state index contributed by atoms with van der Waals surface area (Å²) < 4.78 is 17.4. The highest BCUT2D eigenvalue weighted by Crippen LogP contribution is 2.31. The number of aldehydes is 1. The number of likely N-dealkylation sites (N-methyl/N-ethyl adjacent to an activating group) is 1. The highest BCUT2D eigenvalue weighted by molar-refractivity contribution is 7.84. The van der Waals surface area contributed by atoms with Gasteiger partial charge in [0.15, 0.2) is 0 Å². The van der Waals surface area contributed by atoms with E-state index < -0.39 is 10.8 Å². The number of benzene rings is 2. The molecule has 0 saturated heterocycles. The van der Waals surface area contributed by atoms with Gasteiger partial charge in [-0.25, -0.2) is 0 Å². The number of rotatable bonds is 7. The Bertz CT molecular complexity index is 696. The van der Waals surface area contributed by atoms with Crippen LogP contribution in [0.15, 0.2) is 47.4 Å². The van der Waals surface area contributed by atoms with E-state index in [2.05, 4.69) is 0 Å². The number of nitrogens with zero attached hydrogens (tertiary/aromatic N) is 1. The fourth-order valence-corrected chi connectivity index (χ4v) is 2.66. The van der Waals surface area contributed by atoms with E-state index in [-0.39, 0.29) is 0 Å². The molecule has 2 rings (SSSR count). The summed E-state index contributed by atoms with van der Waals surface area (Å²) in [5.74, 6) is 0.739. The van der Waals surface area contributed by atoms with Gasteiger partial charge in [-0.3, -0.25) is 9.00 Å². The zero-order valence-electron chi connectivity index (χ0n) is 13.6. The standard InChI is InChI=1S/C18H21NO3S/c1-19(2)10-11-22-18-9-4-14(13-20)12-17(18)15-5-7-16(8-6-15)23(3)21/h4-9,12-13H,10-11H2,1-3H3. The van der Waals surface area contributed by atoms with Gasteiger partial charge in [-0.15, -0.1) is 0 Å². The molecule has 0 saturated carbocycles. The second-order valence-electron chi connectivity index (χ2n) is 5.50. The van der Waals surface area contributed by atoms with Crippen molar-refractivity contribution in [2.45, 2.75) is 4.90 Å². The molecule has 0 aliphatic carbocycles. The molecular formula is C18H21NO3S. The summed E-state index contributed by atoms with van der Waals surface area (Å²) in [7, 11) is 2.97. The van der Waals surface area contributed by atoms with Gasteiger partial charge < -0.3 is 9.64 Å². The average Bonchev–Trinajstić information content (AvgIpc) is 2.55. The lowest BCUT2D eigenvalue weighted by Gasteiger charge is -2.15. The van der Waals surface area contributed by atoms with Crippen LogP contribution in [0.1, 0.15) is 10.4 Å². The van der Waals surface area contributed by atoms with Crippen molar-refractivity contribution in [3.8, 4) is 16.9 Å². The Hall–Kier alpha value is -1.98. The highest BCUT2D eigenvalue weighted by Gasteiger charge is 2.09. The zero-order chi connectivity index (χ0) is 16.8. The predicted octanol–water partition coefficient (Wildman–Crippen LogP) is 2.84. The van der Waals surface area contributed by atoms with Crippen molar-refractivity contribution in [2.24, 2.45) is 0 Å². The first kappa shape index (κ1) is 17.4. The molecule has 0 heterocycles. The van der Waals surface area contributed by atoms with Gasteiger partial charge in [-0.05, 0) is 50.0 Å².